The van der Waals surface area contributed by atoms with E-state index < -0.39 is 11.9 Å². The molecular formula is C13H14O5. The first kappa shape index (κ1) is 13.8. The van der Waals surface area contributed by atoms with E-state index in [0.29, 0.717) is 11.3 Å². The van der Waals surface area contributed by atoms with Gasteiger partial charge in [0.05, 0.1) is 7.11 Å². The van der Waals surface area contributed by atoms with Gasteiger partial charge in [-0.05, 0) is 30.2 Å². The second-order valence-corrected chi connectivity index (χ2v) is 3.64. The molecule has 0 radical (unpaired) electrons. The van der Waals surface area contributed by atoms with Gasteiger partial charge in [-0.1, -0.05) is 12.1 Å². The molecule has 0 bridgehead atoms. The molecule has 0 fully saturated rings. The highest BCUT2D eigenvalue weighted by atomic mass is 16.5. The Morgan fingerprint density at radius 3 is 2.22 bits per heavy atom. The Hall–Kier alpha value is -2.30. The topological polar surface area (TPSA) is 83.8 Å². The van der Waals surface area contributed by atoms with Crippen molar-refractivity contribution in [1.29, 1.82) is 0 Å². The standard InChI is InChI=1S/C13H14O5/c1-18-11-5-2-9(3-6-11)8-10(13(16)17)4-7-12(14)15/h2-3,5-6,8H,4,7H2,1H3,(H,14,15)(H,16,17). The summed E-state index contributed by atoms with van der Waals surface area (Å²) in [5, 5.41) is 17.5. The molecule has 0 saturated carbocycles. The molecular weight excluding hydrogens is 236 g/mol. The molecule has 0 aliphatic rings. The van der Waals surface area contributed by atoms with Gasteiger partial charge < -0.3 is 14.9 Å². The van der Waals surface area contributed by atoms with Gasteiger partial charge in [0.1, 0.15) is 5.75 Å². The maximum Gasteiger partial charge on any atom is 0.331 e. The summed E-state index contributed by atoms with van der Waals surface area (Å²) >= 11 is 0. The minimum absolute atomic E-state index is 0.00328. The predicted molar refractivity (Wildman–Crippen MR) is 65.5 cm³/mol. The fourth-order valence-corrected chi connectivity index (χ4v) is 1.38. The molecule has 96 valence electrons. The van der Waals surface area contributed by atoms with Crippen LogP contribution in [0.3, 0.4) is 0 Å². The third-order valence-corrected chi connectivity index (χ3v) is 2.34. The molecule has 1 rings (SSSR count). The van der Waals surface area contributed by atoms with Crippen LogP contribution >= 0.6 is 0 Å². The van der Waals surface area contributed by atoms with E-state index in [2.05, 4.69) is 0 Å². The van der Waals surface area contributed by atoms with Gasteiger partial charge in [-0.25, -0.2) is 4.79 Å². The van der Waals surface area contributed by atoms with E-state index in [9.17, 15) is 9.59 Å². The molecule has 0 aromatic heterocycles. The van der Waals surface area contributed by atoms with E-state index in [1.165, 1.54) is 6.08 Å². The molecule has 0 aliphatic heterocycles. The van der Waals surface area contributed by atoms with Crippen molar-refractivity contribution in [3.63, 3.8) is 0 Å². The van der Waals surface area contributed by atoms with Crippen LogP contribution in [0.25, 0.3) is 6.08 Å². The Morgan fingerprint density at radius 1 is 1.17 bits per heavy atom. The van der Waals surface area contributed by atoms with Gasteiger partial charge in [-0.15, -0.1) is 0 Å². The molecule has 0 saturated heterocycles. The van der Waals surface area contributed by atoms with Crippen LogP contribution in [0.5, 0.6) is 5.75 Å². The smallest absolute Gasteiger partial charge is 0.331 e. The van der Waals surface area contributed by atoms with Gasteiger partial charge in [-0.2, -0.15) is 0 Å². The maximum atomic E-state index is 11.0. The van der Waals surface area contributed by atoms with E-state index in [-0.39, 0.29) is 18.4 Å². The number of carboxylic acids is 2. The molecule has 0 atom stereocenters. The maximum absolute atomic E-state index is 11.0. The lowest BCUT2D eigenvalue weighted by Gasteiger charge is -2.02. The lowest BCUT2D eigenvalue weighted by atomic mass is 10.1. The number of benzene rings is 1. The Kier molecular flexibility index (Phi) is 4.92. The predicted octanol–water partition coefficient (Wildman–Crippen LogP) is 2.03. The largest absolute Gasteiger partial charge is 0.497 e. The van der Waals surface area contributed by atoms with Crippen molar-refractivity contribution < 1.29 is 24.5 Å². The summed E-state index contributed by atoms with van der Waals surface area (Å²) < 4.78 is 4.99. The first-order chi connectivity index (χ1) is 8.52. The van der Waals surface area contributed by atoms with E-state index >= 15 is 0 Å². The number of hydrogen-bond acceptors (Lipinski definition) is 3. The van der Waals surface area contributed by atoms with Crippen molar-refractivity contribution in [2.75, 3.05) is 7.11 Å². The van der Waals surface area contributed by atoms with Crippen molar-refractivity contribution in [1.82, 2.24) is 0 Å². The average molecular weight is 250 g/mol. The Morgan fingerprint density at radius 2 is 1.78 bits per heavy atom. The number of carboxylic acid groups (broad SMARTS) is 2. The Balaban J connectivity index is 2.86. The van der Waals surface area contributed by atoms with Gasteiger partial charge in [0, 0.05) is 12.0 Å². The van der Waals surface area contributed by atoms with Gasteiger partial charge in [0.2, 0.25) is 0 Å². The van der Waals surface area contributed by atoms with Gasteiger partial charge in [0.25, 0.3) is 0 Å². The third-order valence-electron chi connectivity index (χ3n) is 2.34. The molecule has 0 aliphatic carbocycles. The summed E-state index contributed by atoms with van der Waals surface area (Å²) in [5.41, 5.74) is 0.765. The zero-order valence-electron chi connectivity index (χ0n) is 9.92. The highest BCUT2D eigenvalue weighted by Crippen LogP contribution is 2.16. The van der Waals surface area contributed by atoms with Gasteiger partial charge in [0.15, 0.2) is 0 Å². The summed E-state index contributed by atoms with van der Waals surface area (Å²) in [6.45, 7) is 0. The van der Waals surface area contributed by atoms with E-state index in [1.54, 1.807) is 31.4 Å². The average Bonchev–Trinajstić information content (AvgIpc) is 2.34. The van der Waals surface area contributed by atoms with Crippen LogP contribution in [-0.2, 0) is 9.59 Å². The summed E-state index contributed by atoms with van der Waals surface area (Å²) in [4.78, 5) is 21.4. The number of rotatable bonds is 6. The molecule has 1 aromatic rings. The minimum atomic E-state index is -1.10. The molecule has 0 spiro atoms. The first-order valence-corrected chi connectivity index (χ1v) is 5.32. The minimum Gasteiger partial charge on any atom is -0.497 e. The fraction of sp³-hybridized carbons (Fsp3) is 0.231. The number of aliphatic carboxylic acids is 2. The van der Waals surface area contributed by atoms with Crippen LogP contribution < -0.4 is 4.74 Å². The molecule has 5 nitrogen and oxygen atoms in total. The van der Waals surface area contributed by atoms with Crippen LogP contribution in [0.15, 0.2) is 29.8 Å². The van der Waals surface area contributed by atoms with Crippen LogP contribution in [0.2, 0.25) is 0 Å². The van der Waals surface area contributed by atoms with Crippen LogP contribution in [0.4, 0.5) is 0 Å². The molecule has 18 heavy (non-hydrogen) atoms. The quantitative estimate of drug-likeness (QED) is 0.755. The first-order valence-electron chi connectivity index (χ1n) is 5.32. The Labute approximate surface area is 104 Å². The second kappa shape index (κ2) is 6.44. The summed E-state index contributed by atoms with van der Waals surface area (Å²) in [6, 6.07) is 6.84. The zero-order valence-corrected chi connectivity index (χ0v) is 9.92. The van der Waals surface area contributed by atoms with Crippen LogP contribution in [-0.4, -0.2) is 29.3 Å². The Bertz CT molecular complexity index is 459. The van der Waals surface area contributed by atoms with Crippen molar-refractivity contribution in [3.05, 3.63) is 35.4 Å². The van der Waals surface area contributed by atoms with Gasteiger partial charge in [-0.3, -0.25) is 4.79 Å². The highest BCUT2D eigenvalue weighted by molar-refractivity contribution is 5.92. The zero-order chi connectivity index (χ0) is 13.5. The number of carbonyl (C=O) groups is 2. The SMILES string of the molecule is COc1ccc(C=C(CCC(=O)O)C(=O)O)cc1. The van der Waals surface area contributed by atoms with Crippen molar-refractivity contribution in [3.8, 4) is 5.75 Å². The second-order valence-electron chi connectivity index (χ2n) is 3.64. The number of methoxy groups -OCH3 is 1. The summed E-state index contributed by atoms with van der Waals surface area (Å²) in [6.07, 6.45) is 1.26. The van der Waals surface area contributed by atoms with E-state index in [1.807, 2.05) is 0 Å². The molecule has 0 unspecified atom stereocenters. The summed E-state index contributed by atoms with van der Waals surface area (Å²) in [7, 11) is 1.54. The third kappa shape index (κ3) is 4.29. The molecule has 2 N–H and O–H groups in total. The number of hydrogen-bond donors (Lipinski definition) is 2. The van der Waals surface area contributed by atoms with Crippen LogP contribution in [0.1, 0.15) is 18.4 Å². The van der Waals surface area contributed by atoms with E-state index in [4.69, 9.17) is 14.9 Å². The molecule has 1 aromatic carbocycles. The molecule has 5 heteroatoms. The molecule has 0 heterocycles. The summed E-state index contributed by atoms with van der Waals surface area (Å²) in [5.74, 6) is -1.45. The van der Waals surface area contributed by atoms with Gasteiger partial charge >= 0.3 is 11.9 Å². The lowest BCUT2D eigenvalue weighted by Crippen LogP contribution is -2.04. The van der Waals surface area contributed by atoms with Crippen molar-refractivity contribution >= 4 is 18.0 Å². The lowest BCUT2D eigenvalue weighted by molar-refractivity contribution is -0.137. The fourth-order valence-electron chi connectivity index (χ4n) is 1.38. The number of ether oxygens (including phenoxy) is 1. The molecule has 0 amide bonds. The monoisotopic (exact) mass is 250 g/mol. The van der Waals surface area contributed by atoms with E-state index in [0.717, 1.165) is 0 Å². The van der Waals surface area contributed by atoms with Crippen LogP contribution in [0, 0.1) is 0 Å². The van der Waals surface area contributed by atoms with Crippen molar-refractivity contribution in [2.24, 2.45) is 0 Å². The normalized spacial score (nSPS) is 11.1. The van der Waals surface area contributed by atoms with Crippen molar-refractivity contribution in [2.45, 2.75) is 12.8 Å². The highest BCUT2D eigenvalue weighted by Gasteiger charge is 2.09.